The molecule has 18 heavy (non-hydrogen) atoms. The van der Waals surface area contributed by atoms with Crippen molar-refractivity contribution in [2.75, 3.05) is 0 Å². The van der Waals surface area contributed by atoms with Crippen LogP contribution in [-0.2, 0) is 0 Å². The standard InChI is InChI=1S/C13H10BrClN2O/c14-10-2-1-3-11(12(10)13(16)17)18-9-6-4-8(15)5-7-9/h1-7H,(H3,16,17). The predicted octanol–water partition coefficient (Wildman–Crippen LogP) is 4.18. The van der Waals surface area contributed by atoms with E-state index in [0.29, 0.717) is 22.1 Å². The third-order valence-electron chi connectivity index (χ3n) is 2.29. The first-order valence-corrected chi connectivity index (χ1v) is 6.31. The molecule has 0 atom stereocenters. The Hall–Kier alpha value is -1.52. The molecule has 5 heteroatoms. The van der Waals surface area contributed by atoms with E-state index in [4.69, 9.17) is 27.5 Å². The van der Waals surface area contributed by atoms with E-state index in [1.165, 1.54) is 0 Å². The summed E-state index contributed by atoms with van der Waals surface area (Å²) >= 11 is 9.16. The van der Waals surface area contributed by atoms with Gasteiger partial charge in [0, 0.05) is 9.50 Å². The van der Waals surface area contributed by atoms with Crippen LogP contribution in [0.25, 0.3) is 0 Å². The lowest BCUT2D eigenvalue weighted by Crippen LogP contribution is -2.13. The molecule has 2 rings (SSSR count). The molecule has 0 saturated carbocycles. The van der Waals surface area contributed by atoms with Gasteiger partial charge in [0.15, 0.2) is 0 Å². The molecule has 0 saturated heterocycles. The summed E-state index contributed by atoms with van der Waals surface area (Å²) in [5.74, 6) is 1.12. The fraction of sp³-hybridized carbons (Fsp3) is 0. The second-order valence-corrected chi connectivity index (χ2v) is 4.87. The Bertz CT molecular complexity index is 584. The van der Waals surface area contributed by atoms with Crippen LogP contribution in [0.2, 0.25) is 5.02 Å². The minimum absolute atomic E-state index is 0.0496. The SMILES string of the molecule is N=C(N)c1c(Br)cccc1Oc1ccc(Cl)cc1. The highest BCUT2D eigenvalue weighted by Crippen LogP contribution is 2.30. The van der Waals surface area contributed by atoms with Gasteiger partial charge in [0.2, 0.25) is 0 Å². The van der Waals surface area contributed by atoms with Gasteiger partial charge < -0.3 is 10.5 Å². The van der Waals surface area contributed by atoms with E-state index >= 15 is 0 Å². The van der Waals surface area contributed by atoms with E-state index < -0.39 is 0 Å². The van der Waals surface area contributed by atoms with Gasteiger partial charge in [-0.3, -0.25) is 5.41 Å². The first-order chi connectivity index (χ1) is 8.58. The number of nitrogen functional groups attached to an aromatic ring is 1. The summed E-state index contributed by atoms with van der Waals surface area (Å²) in [7, 11) is 0. The van der Waals surface area contributed by atoms with Crippen molar-refractivity contribution < 1.29 is 4.74 Å². The summed E-state index contributed by atoms with van der Waals surface area (Å²) in [4.78, 5) is 0. The average molecular weight is 326 g/mol. The van der Waals surface area contributed by atoms with Crippen LogP contribution >= 0.6 is 27.5 Å². The molecule has 3 nitrogen and oxygen atoms in total. The number of hydrogen-bond acceptors (Lipinski definition) is 2. The lowest BCUT2D eigenvalue weighted by Gasteiger charge is -2.11. The summed E-state index contributed by atoms with van der Waals surface area (Å²) in [5.41, 5.74) is 6.08. The van der Waals surface area contributed by atoms with Crippen molar-refractivity contribution in [1.82, 2.24) is 0 Å². The molecule has 0 radical (unpaired) electrons. The Morgan fingerprint density at radius 2 is 1.83 bits per heavy atom. The van der Waals surface area contributed by atoms with E-state index in [2.05, 4.69) is 15.9 Å². The van der Waals surface area contributed by atoms with Gasteiger partial charge in [0.05, 0.1) is 5.56 Å². The monoisotopic (exact) mass is 324 g/mol. The molecular weight excluding hydrogens is 316 g/mol. The smallest absolute Gasteiger partial charge is 0.139 e. The van der Waals surface area contributed by atoms with E-state index in [1.807, 2.05) is 12.1 Å². The number of ether oxygens (including phenoxy) is 1. The Morgan fingerprint density at radius 1 is 1.17 bits per heavy atom. The van der Waals surface area contributed by atoms with Gasteiger partial charge >= 0.3 is 0 Å². The zero-order chi connectivity index (χ0) is 13.1. The minimum Gasteiger partial charge on any atom is -0.457 e. The fourth-order valence-electron chi connectivity index (χ4n) is 1.48. The maximum Gasteiger partial charge on any atom is 0.139 e. The van der Waals surface area contributed by atoms with Gasteiger partial charge in [-0.2, -0.15) is 0 Å². The first kappa shape index (κ1) is 12.9. The van der Waals surface area contributed by atoms with Crippen LogP contribution in [0.5, 0.6) is 11.5 Å². The number of halogens is 2. The second-order valence-electron chi connectivity index (χ2n) is 3.58. The molecular formula is C13H10BrClN2O. The highest BCUT2D eigenvalue weighted by atomic mass is 79.9. The molecule has 0 aliphatic heterocycles. The van der Waals surface area contributed by atoms with Crippen molar-refractivity contribution >= 4 is 33.4 Å². The lowest BCUT2D eigenvalue weighted by molar-refractivity contribution is 0.481. The van der Waals surface area contributed by atoms with Crippen molar-refractivity contribution in [3.05, 3.63) is 57.5 Å². The van der Waals surface area contributed by atoms with Gasteiger partial charge in [0.1, 0.15) is 17.3 Å². The molecule has 0 amide bonds. The summed E-state index contributed by atoms with van der Waals surface area (Å²) < 4.78 is 6.42. The molecule has 0 aliphatic carbocycles. The van der Waals surface area contributed by atoms with Gasteiger partial charge in [-0.1, -0.05) is 17.7 Å². The normalized spacial score (nSPS) is 10.1. The van der Waals surface area contributed by atoms with Crippen LogP contribution in [0.1, 0.15) is 5.56 Å². The van der Waals surface area contributed by atoms with Crippen molar-refractivity contribution in [2.24, 2.45) is 5.73 Å². The number of rotatable bonds is 3. The van der Waals surface area contributed by atoms with Gasteiger partial charge in [0.25, 0.3) is 0 Å². The largest absolute Gasteiger partial charge is 0.457 e. The van der Waals surface area contributed by atoms with Crippen molar-refractivity contribution in [3.8, 4) is 11.5 Å². The molecule has 0 aromatic heterocycles. The maximum atomic E-state index is 7.56. The molecule has 0 unspecified atom stereocenters. The van der Waals surface area contributed by atoms with Gasteiger partial charge in [-0.05, 0) is 52.3 Å². The molecule has 0 heterocycles. The number of hydrogen-bond donors (Lipinski definition) is 2. The number of benzene rings is 2. The van der Waals surface area contributed by atoms with Crippen LogP contribution in [0.15, 0.2) is 46.9 Å². The zero-order valence-electron chi connectivity index (χ0n) is 9.28. The highest BCUT2D eigenvalue weighted by molar-refractivity contribution is 9.10. The van der Waals surface area contributed by atoms with E-state index in [1.54, 1.807) is 30.3 Å². The van der Waals surface area contributed by atoms with E-state index in [-0.39, 0.29) is 5.84 Å². The summed E-state index contributed by atoms with van der Waals surface area (Å²) in [5, 5.41) is 8.21. The third-order valence-corrected chi connectivity index (χ3v) is 3.20. The Kier molecular flexibility index (Phi) is 3.89. The van der Waals surface area contributed by atoms with Crippen LogP contribution < -0.4 is 10.5 Å². The minimum atomic E-state index is -0.0496. The molecule has 0 fully saturated rings. The van der Waals surface area contributed by atoms with Crippen LogP contribution in [0.3, 0.4) is 0 Å². The average Bonchev–Trinajstić information content (AvgIpc) is 2.32. The molecule has 3 N–H and O–H groups in total. The van der Waals surface area contributed by atoms with Crippen LogP contribution in [0.4, 0.5) is 0 Å². The Morgan fingerprint density at radius 3 is 2.44 bits per heavy atom. The Balaban J connectivity index is 2.37. The quantitative estimate of drug-likeness (QED) is 0.657. The van der Waals surface area contributed by atoms with Gasteiger partial charge in [-0.15, -0.1) is 0 Å². The molecule has 0 bridgehead atoms. The molecule has 0 aliphatic rings. The summed E-state index contributed by atoms with van der Waals surface area (Å²) in [6.07, 6.45) is 0. The van der Waals surface area contributed by atoms with Crippen molar-refractivity contribution in [2.45, 2.75) is 0 Å². The third kappa shape index (κ3) is 2.83. The fourth-order valence-corrected chi connectivity index (χ4v) is 2.17. The maximum absolute atomic E-state index is 7.56. The van der Waals surface area contributed by atoms with E-state index in [0.717, 1.165) is 4.47 Å². The topological polar surface area (TPSA) is 59.1 Å². The highest BCUT2D eigenvalue weighted by Gasteiger charge is 2.11. The van der Waals surface area contributed by atoms with Crippen LogP contribution in [-0.4, -0.2) is 5.84 Å². The van der Waals surface area contributed by atoms with Crippen LogP contribution in [0, 0.1) is 5.41 Å². The number of nitrogens with one attached hydrogen (secondary N) is 1. The summed E-state index contributed by atoms with van der Waals surface area (Å²) in [6, 6.07) is 12.4. The van der Waals surface area contributed by atoms with Gasteiger partial charge in [-0.25, -0.2) is 0 Å². The number of amidine groups is 1. The number of nitrogens with two attached hydrogens (primary N) is 1. The molecule has 2 aromatic rings. The first-order valence-electron chi connectivity index (χ1n) is 5.14. The second kappa shape index (κ2) is 5.42. The zero-order valence-corrected chi connectivity index (χ0v) is 11.6. The van der Waals surface area contributed by atoms with Crippen molar-refractivity contribution in [1.29, 1.82) is 5.41 Å². The molecule has 2 aromatic carbocycles. The lowest BCUT2D eigenvalue weighted by atomic mass is 10.2. The predicted molar refractivity (Wildman–Crippen MR) is 76.7 cm³/mol. The summed E-state index contributed by atoms with van der Waals surface area (Å²) in [6.45, 7) is 0. The molecule has 92 valence electrons. The van der Waals surface area contributed by atoms with Crippen molar-refractivity contribution in [3.63, 3.8) is 0 Å². The molecule has 0 spiro atoms. The van der Waals surface area contributed by atoms with E-state index in [9.17, 15) is 0 Å². The Labute approximate surface area is 118 Å².